The number of thiazole rings is 1. The van der Waals surface area contributed by atoms with Crippen LogP contribution in [0.25, 0.3) is 0 Å². The van der Waals surface area contributed by atoms with Gasteiger partial charge in [0, 0.05) is 42.5 Å². The van der Waals surface area contributed by atoms with E-state index < -0.39 is 0 Å². The van der Waals surface area contributed by atoms with Gasteiger partial charge in [0.1, 0.15) is 0 Å². The lowest BCUT2D eigenvalue weighted by Gasteiger charge is -2.07. The van der Waals surface area contributed by atoms with Crippen molar-refractivity contribution < 1.29 is 0 Å². The Morgan fingerprint density at radius 2 is 2.41 bits per heavy atom. The molecule has 4 nitrogen and oxygen atoms in total. The molecule has 1 N–H and O–H groups in total. The number of nitrogens with one attached hydrogen (secondary N) is 1. The molecule has 90 valence electrons. The van der Waals surface area contributed by atoms with Gasteiger partial charge in [0.25, 0.3) is 0 Å². The molecule has 0 amide bonds. The number of imidazole rings is 1. The highest BCUT2D eigenvalue weighted by atomic mass is 32.1. The number of rotatable bonds is 5. The second-order valence-electron chi connectivity index (χ2n) is 4.50. The van der Waals surface area contributed by atoms with Crippen molar-refractivity contribution in [1.82, 2.24) is 14.5 Å². The van der Waals surface area contributed by atoms with Gasteiger partial charge in [0.05, 0.1) is 5.01 Å². The molecule has 5 heteroatoms. The van der Waals surface area contributed by atoms with Gasteiger partial charge in [-0.05, 0) is 19.8 Å². The summed E-state index contributed by atoms with van der Waals surface area (Å²) in [6.07, 6.45) is 7.42. The molecule has 3 rings (SSSR count). The Bertz CT molecular complexity index is 498. The summed E-state index contributed by atoms with van der Waals surface area (Å²) in [7, 11) is 0. The molecule has 17 heavy (non-hydrogen) atoms. The zero-order valence-electron chi connectivity index (χ0n) is 9.89. The number of aromatic nitrogens is 3. The van der Waals surface area contributed by atoms with Gasteiger partial charge in [0.2, 0.25) is 5.95 Å². The Morgan fingerprint density at radius 3 is 3.12 bits per heavy atom. The third-order valence-corrected chi connectivity index (χ3v) is 3.89. The number of hydrogen-bond donors (Lipinski definition) is 1. The van der Waals surface area contributed by atoms with Gasteiger partial charge < -0.3 is 9.88 Å². The first-order valence-electron chi connectivity index (χ1n) is 6.00. The molecule has 0 aliphatic heterocycles. The van der Waals surface area contributed by atoms with Crippen LogP contribution in [-0.2, 0) is 13.0 Å². The molecular weight excluding hydrogens is 232 g/mol. The van der Waals surface area contributed by atoms with Crippen LogP contribution < -0.4 is 5.32 Å². The van der Waals surface area contributed by atoms with Crippen LogP contribution in [0.15, 0.2) is 17.8 Å². The van der Waals surface area contributed by atoms with Gasteiger partial charge in [-0.1, -0.05) is 0 Å². The first-order chi connectivity index (χ1) is 8.31. The highest BCUT2D eigenvalue weighted by Gasteiger charge is 2.22. The maximum atomic E-state index is 4.48. The van der Waals surface area contributed by atoms with Crippen molar-refractivity contribution in [3.05, 3.63) is 28.5 Å². The first kappa shape index (κ1) is 10.8. The van der Waals surface area contributed by atoms with Gasteiger partial charge in [-0.15, -0.1) is 11.3 Å². The highest BCUT2D eigenvalue weighted by Crippen LogP contribution is 2.23. The van der Waals surface area contributed by atoms with Gasteiger partial charge in [0.15, 0.2) is 0 Å². The molecule has 2 aromatic heterocycles. The third-order valence-electron chi connectivity index (χ3n) is 2.86. The summed E-state index contributed by atoms with van der Waals surface area (Å²) < 4.78 is 2.18. The number of anilines is 1. The SMILES string of the molecule is Cc1csc(CCn2ccnc2NC2CC2)n1. The van der Waals surface area contributed by atoms with Gasteiger partial charge >= 0.3 is 0 Å². The zero-order valence-corrected chi connectivity index (χ0v) is 10.7. The predicted molar refractivity (Wildman–Crippen MR) is 69.4 cm³/mol. The number of aryl methyl sites for hydroxylation is 3. The molecule has 2 heterocycles. The van der Waals surface area contributed by atoms with Crippen molar-refractivity contribution in [2.75, 3.05) is 5.32 Å². The predicted octanol–water partition coefficient (Wildman–Crippen LogP) is 2.47. The second-order valence-corrected chi connectivity index (χ2v) is 5.44. The van der Waals surface area contributed by atoms with E-state index in [0.29, 0.717) is 6.04 Å². The fourth-order valence-electron chi connectivity index (χ4n) is 1.77. The van der Waals surface area contributed by atoms with Crippen LogP contribution in [0.4, 0.5) is 5.95 Å². The molecule has 1 aliphatic carbocycles. The lowest BCUT2D eigenvalue weighted by atomic mass is 10.4. The molecule has 1 saturated carbocycles. The van der Waals surface area contributed by atoms with E-state index in [2.05, 4.69) is 25.2 Å². The monoisotopic (exact) mass is 248 g/mol. The van der Waals surface area contributed by atoms with Crippen LogP contribution in [0.3, 0.4) is 0 Å². The van der Waals surface area contributed by atoms with E-state index in [4.69, 9.17) is 0 Å². The van der Waals surface area contributed by atoms with Crippen molar-refractivity contribution >= 4 is 17.3 Å². The summed E-state index contributed by atoms with van der Waals surface area (Å²) in [5.74, 6) is 1.00. The van der Waals surface area contributed by atoms with Crippen molar-refractivity contribution in [3.63, 3.8) is 0 Å². The summed E-state index contributed by atoms with van der Waals surface area (Å²) in [4.78, 5) is 8.83. The average molecular weight is 248 g/mol. The standard InChI is InChI=1S/C12H16N4S/c1-9-8-17-11(14-9)4-6-16-7-5-13-12(16)15-10-2-3-10/h5,7-8,10H,2-4,6H2,1H3,(H,13,15). The summed E-state index contributed by atoms with van der Waals surface area (Å²) in [6, 6.07) is 0.651. The van der Waals surface area contributed by atoms with Crippen LogP contribution in [0, 0.1) is 6.92 Å². The Kier molecular flexibility index (Phi) is 2.84. The van der Waals surface area contributed by atoms with Gasteiger partial charge in [-0.3, -0.25) is 0 Å². The average Bonchev–Trinajstić information content (AvgIpc) is 2.84. The van der Waals surface area contributed by atoms with Crippen LogP contribution >= 0.6 is 11.3 Å². The first-order valence-corrected chi connectivity index (χ1v) is 6.88. The summed E-state index contributed by atoms with van der Waals surface area (Å²) in [6.45, 7) is 2.99. The molecule has 0 saturated heterocycles. The van der Waals surface area contributed by atoms with E-state index in [1.165, 1.54) is 17.8 Å². The van der Waals surface area contributed by atoms with E-state index in [0.717, 1.165) is 24.6 Å². The van der Waals surface area contributed by atoms with E-state index >= 15 is 0 Å². The third kappa shape index (κ3) is 2.66. The van der Waals surface area contributed by atoms with Crippen LogP contribution in [0.2, 0.25) is 0 Å². The highest BCUT2D eigenvalue weighted by molar-refractivity contribution is 7.09. The Morgan fingerprint density at radius 1 is 1.53 bits per heavy atom. The maximum absolute atomic E-state index is 4.48. The van der Waals surface area contributed by atoms with Crippen LogP contribution in [0.1, 0.15) is 23.5 Å². The van der Waals surface area contributed by atoms with E-state index in [1.54, 1.807) is 11.3 Å². The van der Waals surface area contributed by atoms with Crippen molar-refractivity contribution in [3.8, 4) is 0 Å². The molecule has 0 aromatic carbocycles. The normalized spacial score (nSPS) is 15.1. The second kappa shape index (κ2) is 4.49. The van der Waals surface area contributed by atoms with Crippen molar-refractivity contribution in [2.24, 2.45) is 0 Å². The molecule has 0 radical (unpaired) electrons. The molecule has 0 unspecified atom stereocenters. The smallest absolute Gasteiger partial charge is 0.202 e. The van der Waals surface area contributed by atoms with Crippen molar-refractivity contribution in [2.45, 2.75) is 38.8 Å². The molecule has 0 atom stereocenters. The molecular formula is C12H16N4S. The van der Waals surface area contributed by atoms with E-state index in [1.807, 2.05) is 19.3 Å². The molecule has 1 fully saturated rings. The van der Waals surface area contributed by atoms with Crippen molar-refractivity contribution in [1.29, 1.82) is 0 Å². The summed E-state index contributed by atoms with van der Waals surface area (Å²) >= 11 is 1.74. The lowest BCUT2D eigenvalue weighted by molar-refractivity contribution is 0.695. The minimum absolute atomic E-state index is 0.651. The van der Waals surface area contributed by atoms with Gasteiger partial charge in [-0.25, -0.2) is 9.97 Å². The zero-order chi connectivity index (χ0) is 11.7. The molecule has 0 bridgehead atoms. The maximum Gasteiger partial charge on any atom is 0.202 e. The summed E-state index contributed by atoms with van der Waals surface area (Å²) in [5, 5.41) is 6.75. The van der Waals surface area contributed by atoms with Crippen LogP contribution in [0.5, 0.6) is 0 Å². The fraction of sp³-hybridized carbons (Fsp3) is 0.500. The molecule has 1 aliphatic rings. The van der Waals surface area contributed by atoms with E-state index in [-0.39, 0.29) is 0 Å². The fourth-order valence-corrected chi connectivity index (χ4v) is 2.54. The summed E-state index contributed by atoms with van der Waals surface area (Å²) in [5.41, 5.74) is 1.12. The van der Waals surface area contributed by atoms with E-state index in [9.17, 15) is 0 Å². The minimum Gasteiger partial charge on any atom is -0.353 e. The molecule has 2 aromatic rings. The lowest BCUT2D eigenvalue weighted by Crippen LogP contribution is -2.10. The minimum atomic E-state index is 0.651. The Hall–Kier alpha value is -1.36. The number of nitrogens with zero attached hydrogens (tertiary/aromatic N) is 3. The molecule has 0 spiro atoms. The number of hydrogen-bond acceptors (Lipinski definition) is 4. The van der Waals surface area contributed by atoms with Crippen LogP contribution in [-0.4, -0.2) is 20.6 Å². The largest absolute Gasteiger partial charge is 0.353 e. The topological polar surface area (TPSA) is 42.7 Å². The Balaban J connectivity index is 1.62. The quantitative estimate of drug-likeness (QED) is 0.884. The Labute approximate surface area is 105 Å². The van der Waals surface area contributed by atoms with Gasteiger partial charge in [-0.2, -0.15) is 0 Å².